The summed E-state index contributed by atoms with van der Waals surface area (Å²) in [5.41, 5.74) is -0.869. The maximum absolute atomic E-state index is 14.1. The van der Waals surface area contributed by atoms with Crippen LogP contribution in [-0.2, 0) is 0 Å². The minimum absolute atomic E-state index is 0.598. The first-order valence-corrected chi connectivity index (χ1v) is 6.71. The van der Waals surface area contributed by atoms with Crippen molar-refractivity contribution >= 4 is 0 Å². The Kier molecular flexibility index (Phi) is 4.01. The Labute approximate surface area is 92.8 Å². The van der Waals surface area contributed by atoms with E-state index in [0.29, 0.717) is 12.6 Å². The fraction of sp³-hybridized carbons (Fsp3) is 1.00. The number of alkyl halides is 1. The second kappa shape index (κ2) is 5.29. The minimum Gasteiger partial charge on any atom is -0.311 e. The summed E-state index contributed by atoms with van der Waals surface area (Å²) in [6, 6.07) is 0.598. The molecule has 0 amide bonds. The third-order valence-electron chi connectivity index (χ3n) is 4.06. The smallest absolute Gasteiger partial charge is 0.123 e. The molecule has 0 bridgehead atoms. The normalized spacial score (nSPS) is 27.8. The first kappa shape index (κ1) is 11.4. The maximum atomic E-state index is 14.1. The highest BCUT2D eigenvalue weighted by atomic mass is 19.1. The van der Waals surface area contributed by atoms with E-state index in [1.807, 2.05) is 0 Å². The van der Waals surface area contributed by atoms with Crippen molar-refractivity contribution in [2.24, 2.45) is 0 Å². The number of rotatable bonds is 3. The highest BCUT2D eigenvalue weighted by Gasteiger charge is 2.33. The molecule has 0 aliphatic heterocycles. The van der Waals surface area contributed by atoms with Crippen LogP contribution in [0.2, 0.25) is 0 Å². The molecule has 2 rings (SSSR count). The van der Waals surface area contributed by atoms with Crippen molar-refractivity contribution < 1.29 is 4.39 Å². The summed E-state index contributed by atoms with van der Waals surface area (Å²) in [7, 11) is 0. The molecule has 2 aliphatic rings. The molecule has 88 valence electrons. The predicted molar refractivity (Wildman–Crippen MR) is 61.8 cm³/mol. The van der Waals surface area contributed by atoms with Gasteiger partial charge in [0.05, 0.1) is 0 Å². The van der Waals surface area contributed by atoms with Gasteiger partial charge in [-0.3, -0.25) is 0 Å². The number of halogens is 1. The van der Waals surface area contributed by atoms with Crippen molar-refractivity contribution in [3.05, 3.63) is 0 Å². The topological polar surface area (TPSA) is 12.0 Å². The van der Waals surface area contributed by atoms with Crippen LogP contribution >= 0.6 is 0 Å². The Bertz CT molecular complexity index is 179. The fourth-order valence-corrected chi connectivity index (χ4v) is 3.00. The van der Waals surface area contributed by atoms with Gasteiger partial charge < -0.3 is 5.32 Å². The highest BCUT2D eigenvalue weighted by Crippen LogP contribution is 2.33. The Hall–Kier alpha value is -0.110. The van der Waals surface area contributed by atoms with E-state index in [-0.39, 0.29) is 0 Å². The fourth-order valence-electron chi connectivity index (χ4n) is 3.00. The van der Waals surface area contributed by atoms with E-state index in [1.165, 1.54) is 38.5 Å². The van der Waals surface area contributed by atoms with Crippen LogP contribution in [0.25, 0.3) is 0 Å². The number of nitrogens with one attached hydrogen (secondary N) is 1. The van der Waals surface area contributed by atoms with E-state index in [9.17, 15) is 4.39 Å². The average Bonchev–Trinajstić information content (AvgIpc) is 2.53. The van der Waals surface area contributed by atoms with Crippen molar-refractivity contribution in [2.75, 3.05) is 6.54 Å². The lowest BCUT2D eigenvalue weighted by Crippen LogP contribution is -2.39. The zero-order valence-electron chi connectivity index (χ0n) is 9.73. The Balaban J connectivity index is 1.71. The van der Waals surface area contributed by atoms with Crippen molar-refractivity contribution in [3.63, 3.8) is 0 Å². The van der Waals surface area contributed by atoms with Crippen molar-refractivity contribution in [2.45, 2.75) is 75.9 Å². The summed E-state index contributed by atoms with van der Waals surface area (Å²) < 4.78 is 14.1. The van der Waals surface area contributed by atoms with Crippen LogP contribution in [0, 0.1) is 0 Å². The molecular formula is C13H24FN. The van der Waals surface area contributed by atoms with Crippen LogP contribution in [0.4, 0.5) is 4.39 Å². The minimum atomic E-state index is -0.869. The summed E-state index contributed by atoms with van der Waals surface area (Å²) in [5, 5.41) is 3.47. The summed E-state index contributed by atoms with van der Waals surface area (Å²) in [5.74, 6) is 0. The molecule has 0 atom stereocenters. The van der Waals surface area contributed by atoms with Gasteiger partial charge in [0, 0.05) is 12.6 Å². The van der Waals surface area contributed by atoms with Gasteiger partial charge >= 0.3 is 0 Å². The second-order valence-electron chi connectivity index (χ2n) is 5.43. The summed E-state index contributed by atoms with van der Waals surface area (Å²) >= 11 is 0. The van der Waals surface area contributed by atoms with Crippen molar-refractivity contribution in [1.29, 1.82) is 0 Å². The Morgan fingerprint density at radius 1 is 0.933 bits per heavy atom. The van der Waals surface area contributed by atoms with E-state index in [4.69, 9.17) is 0 Å². The van der Waals surface area contributed by atoms with Gasteiger partial charge in [0.1, 0.15) is 5.67 Å². The van der Waals surface area contributed by atoms with Crippen LogP contribution in [-0.4, -0.2) is 18.3 Å². The van der Waals surface area contributed by atoms with Crippen LogP contribution < -0.4 is 5.32 Å². The van der Waals surface area contributed by atoms with Crippen LogP contribution in [0.15, 0.2) is 0 Å². The number of hydrogen-bond donors (Lipinski definition) is 1. The van der Waals surface area contributed by atoms with Gasteiger partial charge in [0.25, 0.3) is 0 Å². The molecule has 1 nitrogen and oxygen atoms in total. The van der Waals surface area contributed by atoms with E-state index < -0.39 is 5.67 Å². The van der Waals surface area contributed by atoms with Crippen molar-refractivity contribution in [1.82, 2.24) is 5.32 Å². The highest BCUT2D eigenvalue weighted by molar-refractivity contribution is 4.88. The van der Waals surface area contributed by atoms with Crippen LogP contribution in [0.3, 0.4) is 0 Å². The first-order valence-electron chi connectivity index (χ1n) is 6.71. The molecule has 2 aliphatic carbocycles. The lowest BCUT2D eigenvalue weighted by Gasteiger charge is -2.24. The SMILES string of the molecule is FC1(CNC2CCCCCC2)CCCC1. The molecule has 1 N–H and O–H groups in total. The molecule has 0 radical (unpaired) electrons. The van der Waals surface area contributed by atoms with E-state index in [0.717, 1.165) is 25.7 Å². The van der Waals surface area contributed by atoms with Gasteiger partial charge in [-0.05, 0) is 25.7 Å². The van der Waals surface area contributed by atoms with E-state index in [1.54, 1.807) is 0 Å². The summed E-state index contributed by atoms with van der Waals surface area (Å²) in [6.45, 7) is 0.609. The monoisotopic (exact) mass is 213 g/mol. The first-order chi connectivity index (χ1) is 7.29. The van der Waals surface area contributed by atoms with Gasteiger partial charge in [0.15, 0.2) is 0 Å². The molecule has 0 aromatic carbocycles. The van der Waals surface area contributed by atoms with Gasteiger partial charge in [-0.1, -0.05) is 38.5 Å². The van der Waals surface area contributed by atoms with Gasteiger partial charge in [-0.2, -0.15) is 0 Å². The zero-order valence-corrected chi connectivity index (χ0v) is 9.73. The molecule has 0 saturated heterocycles. The lowest BCUT2D eigenvalue weighted by atomic mass is 10.0. The summed E-state index contributed by atoms with van der Waals surface area (Å²) in [6.07, 6.45) is 11.7. The second-order valence-corrected chi connectivity index (χ2v) is 5.43. The molecule has 0 spiro atoms. The summed E-state index contributed by atoms with van der Waals surface area (Å²) in [4.78, 5) is 0. The largest absolute Gasteiger partial charge is 0.311 e. The van der Waals surface area contributed by atoms with Crippen LogP contribution in [0.5, 0.6) is 0 Å². The van der Waals surface area contributed by atoms with E-state index in [2.05, 4.69) is 5.32 Å². The van der Waals surface area contributed by atoms with Gasteiger partial charge in [-0.25, -0.2) is 4.39 Å². The lowest BCUT2D eigenvalue weighted by molar-refractivity contribution is 0.160. The van der Waals surface area contributed by atoms with Gasteiger partial charge in [0.2, 0.25) is 0 Å². The standard InChI is InChI=1S/C13H24FN/c14-13(9-5-6-10-13)11-15-12-7-3-1-2-4-8-12/h12,15H,1-11H2. The predicted octanol–water partition coefficient (Wildman–Crippen LogP) is 3.58. The molecule has 0 unspecified atom stereocenters. The molecule has 0 heterocycles. The molecule has 2 saturated carbocycles. The van der Waals surface area contributed by atoms with Crippen molar-refractivity contribution in [3.8, 4) is 0 Å². The molecule has 2 fully saturated rings. The third kappa shape index (κ3) is 3.44. The maximum Gasteiger partial charge on any atom is 0.123 e. The molecule has 2 heteroatoms. The average molecular weight is 213 g/mol. The molecule has 0 aromatic heterocycles. The van der Waals surface area contributed by atoms with Crippen LogP contribution in [0.1, 0.15) is 64.2 Å². The third-order valence-corrected chi connectivity index (χ3v) is 4.06. The quantitative estimate of drug-likeness (QED) is 0.707. The van der Waals surface area contributed by atoms with Gasteiger partial charge in [-0.15, -0.1) is 0 Å². The molecule has 15 heavy (non-hydrogen) atoms. The van der Waals surface area contributed by atoms with E-state index >= 15 is 0 Å². The molecular weight excluding hydrogens is 189 g/mol. The Morgan fingerprint density at radius 3 is 2.13 bits per heavy atom. The Morgan fingerprint density at radius 2 is 1.53 bits per heavy atom. The number of hydrogen-bond acceptors (Lipinski definition) is 1. The molecule has 0 aromatic rings. The zero-order chi connectivity index (χ0) is 10.6.